The van der Waals surface area contributed by atoms with Gasteiger partial charge in [-0.3, -0.25) is 14.5 Å². The highest BCUT2D eigenvalue weighted by molar-refractivity contribution is 5.97. The second-order valence-electron chi connectivity index (χ2n) is 6.59. The first-order valence-electron chi connectivity index (χ1n) is 8.78. The Kier molecular flexibility index (Phi) is 5.29. The molecule has 0 aliphatic carbocycles. The van der Waals surface area contributed by atoms with E-state index in [9.17, 15) is 14.4 Å². The Morgan fingerprint density at radius 3 is 2.50 bits per heavy atom. The highest BCUT2D eigenvalue weighted by Crippen LogP contribution is 2.30. The van der Waals surface area contributed by atoms with Crippen LogP contribution in [0.15, 0.2) is 24.3 Å². The number of carbonyl (C=O) groups excluding carboxylic acids is 3. The molecule has 2 heterocycles. The summed E-state index contributed by atoms with van der Waals surface area (Å²) in [6.45, 7) is 2.05. The van der Waals surface area contributed by atoms with Crippen LogP contribution in [0.2, 0.25) is 0 Å². The standard InChI is InChI=1S/C18H24N4O4/c1-26-15-5-3-2-4-14(15)22-11-10-21(18(22)25)12-16(23)20-8-6-13(7-9-20)17(19)24/h2-5,13H,6-12H2,1H3,(H2,19,24). The second-order valence-corrected chi connectivity index (χ2v) is 6.59. The van der Waals surface area contributed by atoms with Gasteiger partial charge in [0.25, 0.3) is 0 Å². The van der Waals surface area contributed by atoms with Crippen molar-refractivity contribution in [2.24, 2.45) is 11.7 Å². The van der Waals surface area contributed by atoms with Gasteiger partial charge in [-0.05, 0) is 25.0 Å². The van der Waals surface area contributed by atoms with Gasteiger partial charge in [0.1, 0.15) is 12.3 Å². The summed E-state index contributed by atoms with van der Waals surface area (Å²) in [7, 11) is 1.57. The fraction of sp³-hybridized carbons (Fsp3) is 0.500. The number of benzene rings is 1. The number of ether oxygens (including phenoxy) is 1. The predicted molar refractivity (Wildman–Crippen MR) is 95.8 cm³/mol. The van der Waals surface area contributed by atoms with Crippen molar-refractivity contribution in [3.05, 3.63) is 24.3 Å². The van der Waals surface area contributed by atoms with Crippen LogP contribution in [0.3, 0.4) is 0 Å². The third-order valence-corrected chi connectivity index (χ3v) is 5.05. The number of para-hydroxylation sites is 2. The molecule has 2 fully saturated rings. The van der Waals surface area contributed by atoms with E-state index in [4.69, 9.17) is 10.5 Å². The monoisotopic (exact) mass is 360 g/mol. The average molecular weight is 360 g/mol. The van der Waals surface area contributed by atoms with Crippen LogP contribution in [0.4, 0.5) is 10.5 Å². The first kappa shape index (κ1) is 18.0. The number of hydrogen-bond acceptors (Lipinski definition) is 4. The molecule has 2 aliphatic heterocycles. The van der Waals surface area contributed by atoms with E-state index in [0.29, 0.717) is 50.5 Å². The highest BCUT2D eigenvalue weighted by Gasteiger charge is 2.34. The van der Waals surface area contributed by atoms with Crippen LogP contribution >= 0.6 is 0 Å². The minimum Gasteiger partial charge on any atom is -0.495 e. The minimum absolute atomic E-state index is 0.0473. The number of likely N-dealkylation sites (tertiary alicyclic amines) is 1. The molecule has 2 saturated heterocycles. The van der Waals surface area contributed by atoms with Crippen LogP contribution < -0.4 is 15.4 Å². The zero-order valence-corrected chi connectivity index (χ0v) is 14.9. The van der Waals surface area contributed by atoms with Crippen LogP contribution in [0.1, 0.15) is 12.8 Å². The van der Waals surface area contributed by atoms with Crippen LogP contribution in [0, 0.1) is 5.92 Å². The Bertz CT molecular complexity index is 700. The zero-order valence-electron chi connectivity index (χ0n) is 14.9. The fourth-order valence-corrected chi connectivity index (χ4v) is 3.48. The van der Waals surface area contributed by atoms with Crippen molar-refractivity contribution in [1.29, 1.82) is 0 Å². The topological polar surface area (TPSA) is 96.2 Å². The van der Waals surface area contributed by atoms with Crippen LogP contribution in [0.5, 0.6) is 5.75 Å². The number of hydrogen-bond donors (Lipinski definition) is 1. The summed E-state index contributed by atoms with van der Waals surface area (Å²) in [5, 5.41) is 0. The Labute approximate surface area is 152 Å². The van der Waals surface area contributed by atoms with Crippen molar-refractivity contribution in [1.82, 2.24) is 9.80 Å². The molecule has 1 aromatic rings. The summed E-state index contributed by atoms with van der Waals surface area (Å²) in [5.74, 6) is 0.0680. The molecule has 0 spiro atoms. The van der Waals surface area contributed by atoms with Gasteiger partial charge in [-0.1, -0.05) is 12.1 Å². The lowest BCUT2D eigenvalue weighted by molar-refractivity contribution is -0.135. The summed E-state index contributed by atoms with van der Waals surface area (Å²) in [6, 6.07) is 7.13. The van der Waals surface area contributed by atoms with Crippen molar-refractivity contribution >= 4 is 23.5 Å². The minimum atomic E-state index is -0.306. The first-order chi connectivity index (χ1) is 12.5. The summed E-state index contributed by atoms with van der Waals surface area (Å²) in [5.41, 5.74) is 6.03. The van der Waals surface area contributed by atoms with Gasteiger partial charge in [0, 0.05) is 32.1 Å². The fourth-order valence-electron chi connectivity index (χ4n) is 3.48. The lowest BCUT2D eigenvalue weighted by Crippen LogP contribution is -2.46. The maximum absolute atomic E-state index is 12.7. The molecule has 2 N–H and O–H groups in total. The van der Waals surface area contributed by atoms with Crippen LogP contribution in [-0.2, 0) is 9.59 Å². The number of piperidine rings is 1. The maximum Gasteiger partial charge on any atom is 0.325 e. The van der Waals surface area contributed by atoms with E-state index in [1.54, 1.807) is 27.9 Å². The van der Waals surface area contributed by atoms with Crippen molar-refractivity contribution < 1.29 is 19.1 Å². The molecule has 8 heteroatoms. The van der Waals surface area contributed by atoms with E-state index < -0.39 is 0 Å². The number of nitrogens with zero attached hydrogens (tertiary/aromatic N) is 3. The molecule has 0 unspecified atom stereocenters. The molecule has 0 bridgehead atoms. The van der Waals surface area contributed by atoms with Gasteiger partial charge in [-0.2, -0.15) is 0 Å². The molecule has 8 nitrogen and oxygen atoms in total. The van der Waals surface area contributed by atoms with Crippen molar-refractivity contribution in [3.8, 4) is 5.75 Å². The van der Waals surface area contributed by atoms with Gasteiger partial charge in [0.05, 0.1) is 12.8 Å². The number of nitrogens with two attached hydrogens (primary N) is 1. The molecule has 0 atom stereocenters. The third-order valence-electron chi connectivity index (χ3n) is 5.05. The predicted octanol–water partition coefficient (Wildman–Crippen LogP) is 0.661. The van der Waals surface area contributed by atoms with Crippen LogP contribution in [-0.4, -0.2) is 67.5 Å². The molecule has 26 heavy (non-hydrogen) atoms. The summed E-state index contributed by atoms with van der Waals surface area (Å²) in [4.78, 5) is 41.3. The Balaban J connectivity index is 1.59. The molecule has 140 valence electrons. The van der Waals surface area contributed by atoms with Crippen molar-refractivity contribution in [2.75, 3.05) is 44.7 Å². The molecule has 4 amide bonds. The number of amides is 4. The molecule has 1 aromatic carbocycles. The highest BCUT2D eigenvalue weighted by atomic mass is 16.5. The largest absolute Gasteiger partial charge is 0.495 e. The Hall–Kier alpha value is -2.77. The number of methoxy groups -OCH3 is 1. The molecular weight excluding hydrogens is 336 g/mol. The molecule has 3 rings (SSSR count). The maximum atomic E-state index is 12.7. The van der Waals surface area contributed by atoms with E-state index >= 15 is 0 Å². The van der Waals surface area contributed by atoms with Gasteiger partial charge in [0.2, 0.25) is 11.8 Å². The third kappa shape index (κ3) is 3.58. The average Bonchev–Trinajstić information content (AvgIpc) is 3.02. The summed E-state index contributed by atoms with van der Waals surface area (Å²) >= 11 is 0. The first-order valence-corrected chi connectivity index (χ1v) is 8.78. The normalized spacial score (nSPS) is 18.3. The van der Waals surface area contributed by atoms with E-state index in [1.807, 2.05) is 18.2 Å². The number of urea groups is 1. The van der Waals surface area contributed by atoms with Gasteiger partial charge in [-0.15, -0.1) is 0 Å². The molecule has 0 saturated carbocycles. The SMILES string of the molecule is COc1ccccc1N1CCN(CC(=O)N2CCC(C(N)=O)CC2)C1=O. The number of primary amides is 1. The lowest BCUT2D eigenvalue weighted by atomic mass is 9.96. The van der Waals surface area contributed by atoms with Gasteiger partial charge in [-0.25, -0.2) is 4.79 Å². The van der Waals surface area contributed by atoms with Gasteiger partial charge < -0.3 is 20.3 Å². The summed E-state index contributed by atoms with van der Waals surface area (Å²) in [6.07, 6.45) is 1.17. The van der Waals surface area contributed by atoms with E-state index in [-0.39, 0.29) is 30.3 Å². The second kappa shape index (κ2) is 7.63. The van der Waals surface area contributed by atoms with Gasteiger partial charge in [0.15, 0.2) is 0 Å². The lowest BCUT2D eigenvalue weighted by Gasteiger charge is -2.31. The Morgan fingerprint density at radius 1 is 1.15 bits per heavy atom. The molecule has 2 aliphatic rings. The van der Waals surface area contributed by atoms with E-state index in [1.165, 1.54) is 0 Å². The van der Waals surface area contributed by atoms with Gasteiger partial charge >= 0.3 is 6.03 Å². The summed E-state index contributed by atoms with van der Waals surface area (Å²) < 4.78 is 5.32. The van der Waals surface area contributed by atoms with Crippen molar-refractivity contribution in [2.45, 2.75) is 12.8 Å². The quantitative estimate of drug-likeness (QED) is 0.834. The number of rotatable bonds is 5. The zero-order chi connectivity index (χ0) is 18.7. The number of anilines is 1. The van der Waals surface area contributed by atoms with Crippen LogP contribution in [0.25, 0.3) is 0 Å². The number of carbonyl (C=O) groups is 3. The molecular formula is C18H24N4O4. The van der Waals surface area contributed by atoms with E-state index in [0.717, 1.165) is 0 Å². The Morgan fingerprint density at radius 2 is 1.85 bits per heavy atom. The smallest absolute Gasteiger partial charge is 0.325 e. The van der Waals surface area contributed by atoms with E-state index in [2.05, 4.69) is 0 Å². The molecule has 0 aromatic heterocycles. The van der Waals surface area contributed by atoms with Crippen molar-refractivity contribution in [3.63, 3.8) is 0 Å². The molecule has 0 radical (unpaired) electrons.